The van der Waals surface area contributed by atoms with Crippen LogP contribution in [0.2, 0.25) is 0 Å². The number of rotatable bonds is 5. The molecule has 0 radical (unpaired) electrons. The minimum absolute atomic E-state index is 0.0511. The van der Waals surface area contributed by atoms with Crippen LogP contribution < -0.4 is 5.32 Å². The maximum absolute atomic E-state index is 12.9. The molecule has 170 valence electrons. The predicted molar refractivity (Wildman–Crippen MR) is 126 cm³/mol. The summed E-state index contributed by atoms with van der Waals surface area (Å²) in [4.78, 5) is 15.1. The zero-order valence-electron chi connectivity index (χ0n) is 18.9. The van der Waals surface area contributed by atoms with Gasteiger partial charge in [0.05, 0.1) is 6.04 Å². The van der Waals surface area contributed by atoms with Gasteiger partial charge >= 0.3 is 0 Å². The number of amides is 1. The first-order valence-corrected chi connectivity index (χ1v) is 12.8. The summed E-state index contributed by atoms with van der Waals surface area (Å²) in [5, 5.41) is 3.16. The zero-order chi connectivity index (χ0) is 22.9. The van der Waals surface area contributed by atoms with E-state index in [0.29, 0.717) is 43.2 Å². The summed E-state index contributed by atoms with van der Waals surface area (Å²) < 4.78 is 28.7. The highest BCUT2D eigenvalue weighted by Gasteiger charge is 2.34. The highest BCUT2D eigenvalue weighted by atomic mass is 32.2. The van der Waals surface area contributed by atoms with E-state index >= 15 is 0 Å². The first-order valence-electron chi connectivity index (χ1n) is 11.3. The number of likely N-dealkylation sites (tertiary alicyclic amines) is 1. The van der Waals surface area contributed by atoms with Crippen molar-refractivity contribution in [3.8, 4) is 0 Å². The minimum Gasteiger partial charge on any atom is -0.355 e. The van der Waals surface area contributed by atoms with Crippen molar-refractivity contribution in [2.75, 3.05) is 13.1 Å². The van der Waals surface area contributed by atoms with Crippen LogP contribution in [0.15, 0.2) is 57.8 Å². The van der Waals surface area contributed by atoms with Crippen LogP contribution in [0, 0.1) is 11.8 Å². The fourth-order valence-corrected chi connectivity index (χ4v) is 5.73. The zero-order valence-corrected chi connectivity index (χ0v) is 19.7. The molecule has 0 saturated carbocycles. The normalized spacial score (nSPS) is 18.9. The third kappa shape index (κ3) is 4.72. The van der Waals surface area contributed by atoms with Gasteiger partial charge < -0.3 is 10.2 Å². The molecule has 1 unspecified atom stereocenters. The van der Waals surface area contributed by atoms with Crippen LogP contribution >= 0.6 is 0 Å². The van der Waals surface area contributed by atoms with Gasteiger partial charge in [-0.3, -0.25) is 4.79 Å². The summed E-state index contributed by atoms with van der Waals surface area (Å²) in [5.74, 6) is 1.11. The summed E-state index contributed by atoms with van der Waals surface area (Å²) in [5.41, 5.74) is 3.07. The lowest BCUT2D eigenvalue weighted by Crippen LogP contribution is -2.43. The Kier molecular flexibility index (Phi) is 6.38. The summed E-state index contributed by atoms with van der Waals surface area (Å²) in [7, 11) is -3.62. The molecule has 32 heavy (non-hydrogen) atoms. The summed E-state index contributed by atoms with van der Waals surface area (Å²) in [6, 6.07) is 15.4. The molecule has 0 aliphatic carbocycles. The van der Waals surface area contributed by atoms with E-state index in [-0.39, 0.29) is 22.8 Å². The fraction of sp³-hybridized carbons (Fsp3) is 0.440. The van der Waals surface area contributed by atoms with Crippen LogP contribution in [0.4, 0.5) is 0 Å². The molecular formula is C25H31N3O3S. The Morgan fingerprint density at radius 1 is 1.06 bits per heavy atom. The van der Waals surface area contributed by atoms with Crippen LogP contribution in [0.3, 0.4) is 0 Å². The Bertz CT molecular complexity index is 1120. The SMILES string of the molecule is CC(C)Cc1ccc(C(C)NC(=O)C2CCN(C3=NS(=O)(=O)c4ccccc43)CC2)cc1. The molecule has 2 aromatic rings. The van der Waals surface area contributed by atoms with E-state index in [1.54, 1.807) is 18.2 Å². The molecule has 2 aliphatic heterocycles. The Balaban J connectivity index is 1.34. The lowest BCUT2D eigenvalue weighted by molar-refractivity contribution is -0.126. The van der Waals surface area contributed by atoms with Crippen LogP contribution in [0.5, 0.6) is 0 Å². The van der Waals surface area contributed by atoms with Gasteiger partial charge in [-0.1, -0.05) is 50.2 Å². The number of nitrogens with one attached hydrogen (secondary N) is 1. The number of sulfonamides is 1. The number of amidine groups is 1. The highest BCUT2D eigenvalue weighted by molar-refractivity contribution is 7.90. The molecule has 7 heteroatoms. The molecule has 1 saturated heterocycles. The lowest BCUT2D eigenvalue weighted by Gasteiger charge is -2.33. The quantitative estimate of drug-likeness (QED) is 0.744. The summed E-state index contributed by atoms with van der Waals surface area (Å²) in [6.45, 7) is 7.65. The monoisotopic (exact) mass is 453 g/mol. The average molecular weight is 454 g/mol. The predicted octanol–water partition coefficient (Wildman–Crippen LogP) is 3.92. The van der Waals surface area contributed by atoms with Crippen molar-refractivity contribution in [3.05, 3.63) is 65.2 Å². The van der Waals surface area contributed by atoms with E-state index in [1.165, 1.54) is 5.56 Å². The van der Waals surface area contributed by atoms with Gasteiger partial charge in [-0.25, -0.2) is 0 Å². The van der Waals surface area contributed by atoms with Crippen molar-refractivity contribution in [3.63, 3.8) is 0 Å². The minimum atomic E-state index is -3.62. The second-order valence-corrected chi connectivity index (χ2v) is 10.8. The largest absolute Gasteiger partial charge is 0.355 e. The van der Waals surface area contributed by atoms with E-state index < -0.39 is 10.0 Å². The van der Waals surface area contributed by atoms with E-state index in [0.717, 1.165) is 12.0 Å². The van der Waals surface area contributed by atoms with Crippen molar-refractivity contribution in [2.45, 2.75) is 51.0 Å². The second-order valence-electron chi connectivity index (χ2n) is 9.22. The van der Waals surface area contributed by atoms with Gasteiger partial charge in [0.15, 0.2) is 5.84 Å². The van der Waals surface area contributed by atoms with Gasteiger partial charge in [0, 0.05) is 24.6 Å². The molecule has 1 amide bonds. The molecule has 2 aliphatic rings. The number of benzene rings is 2. The topological polar surface area (TPSA) is 78.8 Å². The van der Waals surface area contributed by atoms with Crippen molar-refractivity contribution in [1.82, 2.24) is 10.2 Å². The Morgan fingerprint density at radius 3 is 2.38 bits per heavy atom. The van der Waals surface area contributed by atoms with Crippen molar-refractivity contribution in [2.24, 2.45) is 16.2 Å². The Morgan fingerprint density at radius 2 is 1.72 bits per heavy atom. The number of fused-ring (bicyclic) bond motifs is 1. The third-order valence-electron chi connectivity index (χ3n) is 6.26. The molecule has 0 aromatic heterocycles. The average Bonchev–Trinajstić information content (AvgIpc) is 3.05. The number of nitrogens with zero attached hydrogens (tertiary/aromatic N) is 2. The molecule has 2 aromatic carbocycles. The Hall–Kier alpha value is -2.67. The second kappa shape index (κ2) is 9.06. The highest BCUT2D eigenvalue weighted by Crippen LogP contribution is 2.30. The van der Waals surface area contributed by atoms with Gasteiger partial charge in [-0.2, -0.15) is 8.42 Å². The van der Waals surface area contributed by atoms with Gasteiger partial charge in [0.25, 0.3) is 10.0 Å². The van der Waals surface area contributed by atoms with E-state index in [2.05, 4.69) is 47.8 Å². The summed E-state index contributed by atoms with van der Waals surface area (Å²) >= 11 is 0. The maximum atomic E-state index is 12.9. The summed E-state index contributed by atoms with van der Waals surface area (Å²) in [6.07, 6.45) is 2.40. The van der Waals surface area contributed by atoms with Crippen LogP contribution in [-0.2, 0) is 21.2 Å². The molecule has 6 nitrogen and oxygen atoms in total. The molecule has 1 atom stereocenters. The number of hydrogen-bond donors (Lipinski definition) is 1. The van der Waals surface area contributed by atoms with Gasteiger partial charge in [-0.15, -0.1) is 4.40 Å². The number of carbonyl (C=O) groups is 1. The van der Waals surface area contributed by atoms with E-state index in [1.807, 2.05) is 17.9 Å². The van der Waals surface area contributed by atoms with Crippen LogP contribution in [-0.4, -0.2) is 38.2 Å². The van der Waals surface area contributed by atoms with Crippen LogP contribution in [0.1, 0.15) is 56.3 Å². The van der Waals surface area contributed by atoms with Gasteiger partial charge in [0.1, 0.15) is 4.90 Å². The maximum Gasteiger partial charge on any atom is 0.285 e. The first kappa shape index (κ1) is 22.5. The third-order valence-corrected chi connectivity index (χ3v) is 7.59. The molecule has 0 bridgehead atoms. The molecule has 0 spiro atoms. The van der Waals surface area contributed by atoms with E-state index in [9.17, 15) is 13.2 Å². The van der Waals surface area contributed by atoms with Gasteiger partial charge in [-0.05, 0) is 55.4 Å². The standard InChI is InChI=1S/C25H31N3O3S/c1-17(2)16-19-8-10-20(11-9-19)18(3)26-25(29)21-12-14-28(15-13-21)24-22-6-4-5-7-23(22)32(30,31)27-24/h4-11,17-18,21H,12-16H2,1-3H3,(H,26,29). The smallest absolute Gasteiger partial charge is 0.285 e. The van der Waals surface area contributed by atoms with Crippen LogP contribution in [0.25, 0.3) is 0 Å². The van der Waals surface area contributed by atoms with E-state index in [4.69, 9.17) is 0 Å². The van der Waals surface area contributed by atoms with Crippen molar-refractivity contribution < 1.29 is 13.2 Å². The van der Waals surface area contributed by atoms with Crippen molar-refractivity contribution in [1.29, 1.82) is 0 Å². The lowest BCUT2D eigenvalue weighted by atomic mass is 9.94. The molecule has 2 heterocycles. The number of carbonyl (C=O) groups excluding carboxylic acids is 1. The van der Waals surface area contributed by atoms with Gasteiger partial charge in [0.2, 0.25) is 5.91 Å². The molecule has 1 N–H and O–H groups in total. The fourth-order valence-electron chi connectivity index (χ4n) is 4.50. The van der Waals surface area contributed by atoms with Crippen molar-refractivity contribution >= 4 is 21.8 Å². The number of hydrogen-bond acceptors (Lipinski definition) is 4. The Labute approximate surface area is 190 Å². The molecule has 4 rings (SSSR count). The molecule has 1 fully saturated rings. The first-order chi connectivity index (χ1) is 15.2. The molecular weight excluding hydrogens is 422 g/mol. The number of piperidine rings is 1.